The molecule has 0 amide bonds. The summed E-state index contributed by atoms with van der Waals surface area (Å²) in [6, 6.07) is 19.3. The molecule has 0 bridgehead atoms. The monoisotopic (exact) mass is 403 g/mol. The molecule has 0 spiro atoms. The van der Waals surface area contributed by atoms with E-state index in [0.717, 1.165) is 28.0 Å². The van der Waals surface area contributed by atoms with Crippen LogP contribution in [0.2, 0.25) is 0 Å². The van der Waals surface area contributed by atoms with Crippen molar-refractivity contribution in [1.82, 2.24) is 0 Å². The number of hydrogen-bond donors (Lipinski definition) is 2. The Morgan fingerprint density at radius 2 is 1.32 bits per heavy atom. The Bertz CT molecular complexity index is 1080. The lowest BCUT2D eigenvalue weighted by Gasteiger charge is -2.11. The number of thiophene rings is 2. The molecule has 5 rings (SSSR count). The van der Waals surface area contributed by atoms with Crippen LogP contribution in [0.25, 0.3) is 20.9 Å². The highest BCUT2D eigenvalue weighted by Crippen LogP contribution is 2.46. The van der Waals surface area contributed by atoms with Crippen LogP contribution in [-0.4, -0.2) is 11.9 Å². The van der Waals surface area contributed by atoms with E-state index in [1.54, 1.807) is 46.9 Å². The van der Waals surface area contributed by atoms with Gasteiger partial charge >= 0.3 is 6.98 Å². The highest BCUT2D eigenvalue weighted by molar-refractivity contribution is 7.14. The van der Waals surface area contributed by atoms with Gasteiger partial charge in [-0.25, -0.2) is 0 Å². The second-order valence-electron chi connectivity index (χ2n) is 6.44. The molecule has 0 radical (unpaired) electrons. The van der Waals surface area contributed by atoms with E-state index in [2.05, 4.69) is 57.6 Å². The minimum atomic E-state index is -0.377. The van der Waals surface area contributed by atoms with Crippen molar-refractivity contribution < 1.29 is 4.92 Å². The minimum absolute atomic E-state index is 0.0952. The number of fused-ring (bicyclic) bond motifs is 1. The number of anilines is 2. The van der Waals surface area contributed by atoms with Crippen molar-refractivity contribution in [3.63, 3.8) is 0 Å². The van der Waals surface area contributed by atoms with Gasteiger partial charge in [0.2, 0.25) is 0 Å². The van der Waals surface area contributed by atoms with Gasteiger partial charge < -0.3 is 10.5 Å². The normalized spacial score (nSPS) is 12.4. The largest absolute Gasteiger partial charge is 0.406 e. The average molecular weight is 403 g/mol. The van der Waals surface area contributed by atoms with Gasteiger partial charge in [0.05, 0.1) is 16.3 Å². The number of non-ortho nitro benzene ring substituents is 1. The maximum atomic E-state index is 10.9. The molecule has 1 aliphatic heterocycles. The first-order valence-electron chi connectivity index (χ1n) is 8.73. The number of benzene rings is 2. The lowest BCUT2D eigenvalue weighted by Crippen LogP contribution is -2.41. The first-order valence-corrected chi connectivity index (χ1v) is 10.5. The number of nitro benzene ring substituents is 1. The molecular formula is C20H14BN3O2S2. The van der Waals surface area contributed by atoms with Crippen LogP contribution in [0.1, 0.15) is 0 Å². The van der Waals surface area contributed by atoms with Crippen LogP contribution in [-0.2, 0) is 0 Å². The van der Waals surface area contributed by atoms with Gasteiger partial charge in [-0.3, -0.25) is 10.1 Å². The molecule has 0 saturated carbocycles. The molecule has 0 unspecified atom stereocenters. The number of hydrogen-bond acceptors (Lipinski definition) is 6. The van der Waals surface area contributed by atoms with E-state index in [0.29, 0.717) is 0 Å². The van der Waals surface area contributed by atoms with Gasteiger partial charge in [0, 0.05) is 33.0 Å². The topological polar surface area (TPSA) is 67.2 Å². The standard InChI is InChI=1S/C20H14BN3O2S2/c25-24(26)14-7-5-13(6-8-14)21-22-19-15(17-3-1-11-27-17)9-10-16(20(19)23-21)18-4-2-12-28-18/h1-12,22-23H. The summed E-state index contributed by atoms with van der Waals surface area (Å²) < 4.78 is 0. The van der Waals surface area contributed by atoms with Crippen LogP contribution in [0.4, 0.5) is 17.1 Å². The molecule has 8 heteroatoms. The Balaban J connectivity index is 1.58. The van der Waals surface area contributed by atoms with Crippen molar-refractivity contribution in [3.05, 3.63) is 81.5 Å². The molecule has 0 atom stereocenters. The number of rotatable bonds is 4. The summed E-state index contributed by atoms with van der Waals surface area (Å²) in [6.07, 6.45) is 0. The van der Waals surface area contributed by atoms with Crippen molar-refractivity contribution >= 4 is 52.2 Å². The van der Waals surface area contributed by atoms with E-state index >= 15 is 0 Å². The van der Waals surface area contributed by atoms with Crippen LogP contribution in [0.5, 0.6) is 0 Å². The van der Waals surface area contributed by atoms with Gasteiger partial charge in [-0.2, -0.15) is 0 Å². The lowest BCUT2D eigenvalue weighted by molar-refractivity contribution is -0.384. The highest BCUT2D eigenvalue weighted by Gasteiger charge is 2.31. The van der Waals surface area contributed by atoms with E-state index in [9.17, 15) is 10.1 Å². The molecule has 1 aliphatic rings. The highest BCUT2D eigenvalue weighted by atomic mass is 32.1. The second kappa shape index (κ2) is 6.81. The third kappa shape index (κ3) is 2.87. The number of nitro groups is 1. The van der Waals surface area contributed by atoms with Crippen LogP contribution in [0.15, 0.2) is 71.4 Å². The third-order valence-corrected chi connectivity index (χ3v) is 6.60. The van der Waals surface area contributed by atoms with Gasteiger partial charge in [0.15, 0.2) is 0 Å². The summed E-state index contributed by atoms with van der Waals surface area (Å²) in [5.41, 5.74) is 5.49. The first kappa shape index (κ1) is 17.0. The van der Waals surface area contributed by atoms with Crippen molar-refractivity contribution in [2.75, 3.05) is 10.5 Å². The molecule has 0 aliphatic carbocycles. The molecule has 2 N–H and O–H groups in total. The Morgan fingerprint density at radius 3 is 1.75 bits per heavy atom. The number of nitrogens with one attached hydrogen (secondary N) is 2. The first-order chi connectivity index (χ1) is 13.7. The lowest BCUT2D eigenvalue weighted by atomic mass is 9.69. The second-order valence-corrected chi connectivity index (χ2v) is 8.33. The molecule has 2 aromatic heterocycles. The smallest absolute Gasteiger partial charge is 0.403 e. The molecule has 0 saturated heterocycles. The molecular weight excluding hydrogens is 389 g/mol. The zero-order valence-electron chi connectivity index (χ0n) is 14.6. The molecule has 3 heterocycles. The van der Waals surface area contributed by atoms with Crippen molar-refractivity contribution in [2.24, 2.45) is 0 Å². The molecule has 136 valence electrons. The quantitative estimate of drug-likeness (QED) is 0.276. The maximum Gasteiger partial charge on any atom is 0.406 e. The fourth-order valence-corrected chi connectivity index (χ4v) is 4.97. The molecule has 5 nitrogen and oxygen atoms in total. The zero-order valence-corrected chi connectivity index (χ0v) is 16.2. The van der Waals surface area contributed by atoms with Gasteiger partial charge in [-0.1, -0.05) is 36.4 Å². The summed E-state index contributed by atoms with van der Waals surface area (Å²) in [5.74, 6) is 0. The Hall–Kier alpha value is -3.10. The van der Waals surface area contributed by atoms with E-state index < -0.39 is 0 Å². The van der Waals surface area contributed by atoms with Crippen molar-refractivity contribution in [1.29, 1.82) is 0 Å². The average Bonchev–Trinajstić information content (AvgIpc) is 3.48. The van der Waals surface area contributed by atoms with E-state index in [-0.39, 0.29) is 17.6 Å². The number of nitrogens with zero attached hydrogens (tertiary/aromatic N) is 1. The summed E-state index contributed by atoms with van der Waals surface area (Å²) in [7, 11) is 0. The Labute approximate surface area is 169 Å². The van der Waals surface area contributed by atoms with Crippen molar-refractivity contribution in [2.45, 2.75) is 0 Å². The molecule has 28 heavy (non-hydrogen) atoms. The zero-order chi connectivity index (χ0) is 19.1. The summed E-state index contributed by atoms with van der Waals surface area (Å²) in [6.45, 7) is -0.143. The van der Waals surface area contributed by atoms with Crippen molar-refractivity contribution in [3.8, 4) is 20.9 Å². The fraction of sp³-hybridized carbons (Fsp3) is 0. The third-order valence-electron chi connectivity index (χ3n) is 4.79. The predicted octanol–water partition coefficient (Wildman–Crippen LogP) is 5.28. The van der Waals surface area contributed by atoms with Crippen LogP contribution in [0.3, 0.4) is 0 Å². The molecule has 4 aromatic rings. The minimum Gasteiger partial charge on any atom is -0.403 e. The Kier molecular flexibility index (Phi) is 4.14. The van der Waals surface area contributed by atoms with Gasteiger partial charge in [-0.05, 0) is 28.4 Å². The van der Waals surface area contributed by atoms with Gasteiger partial charge in [0.1, 0.15) is 0 Å². The molecule has 0 fully saturated rings. The van der Waals surface area contributed by atoms with Crippen LogP contribution >= 0.6 is 22.7 Å². The molecule has 2 aromatic carbocycles. The predicted molar refractivity (Wildman–Crippen MR) is 119 cm³/mol. The van der Waals surface area contributed by atoms with Crippen LogP contribution in [0, 0.1) is 10.1 Å². The van der Waals surface area contributed by atoms with E-state index in [1.807, 2.05) is 0 Å². The van der Waals surface area contributed by atoms with Gasteiger partial charge in [-0.15, -0.1) is 22.7 Å². The summed E-state index contributed by atoms with van der Waals surface area (Å²) in [5, 5.41) is 22.3. The SMILES string of the molecule is O=[N+]([O-])c1ccc(B2Nc3c(-c4cccs4)ccc(-c4cccs4)c3N2)cc1. The van der Waals surface area contributed by atoms with Gasteiger partial charge in [0.25, 0.3) is 5.69 Å². The maximum absolute atomic E-state index is 10.9. The summed E-state index contributed by atoms with van der Waals surface area (Å²) in [4.78, 5) is 13.0. The van der Waals surface area contributed by atoms with Crippen LogP contribution < -0.4 is 15.9 Å². The van der Waals surface area contributed by atoms with E-state index in [4.69, 9.17) is 0 Å². The van der Waals surface area contributed by atoms with E-state index in [1.165, 1.54) is 9.75 Å². The fourth-order valence-electron chi connectivity index (χ4n) is 3.46. The summed E-state index contributed by atoms with van der Waals surface area (Å²) >= 11 is 3.41. The Morgan fingerprint density at radius 1 is 0.786 bits per heavy atom.